The topological polar surface area (TPSA) is 18.5 Å². The van der Waals surface area contributed by atoms with Crippen LogP contribution in [0, 0.1) is 0 Å². The summed E-state index contributed by atoms with van der Waals surface area (Å²) in [5, 5.41) is 0.631. The highest BCUT2D eigenvalue weighted by Gasteiger charge is 2.15. The van der Waals surface area contributed by atoms with Crippen molar-refractivity contribution >= 4 is 23.2 Å². The first-order valence-corrected chi connectivity index (χ1v) is 7.32. The minimum Gasteiger partial charge on any atom is -0.486 e. The van der Waals surface area contributed by atoms with Crippen LogP contribution in [0.1, 0.15) is 16.5 Å². The molecule has 1 aliphatic rings. The molecule has 1 atom stereocenters. The molecule has 0 saturated heterocycles. The lowest BCUT2D eigenvalue weighted by molar-refractivity contribution is 0.171. The normalized spacial score (nSPS) is 14.9. The summed E-state index contributed by atoms with van der Waals surface area (Å²) < 4.78 is 11.1. The highest BCUT2D eigenvalue weighted by atomic mass is 35.5. The molecular formula is C16H14Cl2O2. The van der Waals surface area contributed by atoms with Gasteiger partial charge in [-0.3, -0.25) is 0 Å². The molecule has 0 fully saturated rings. The monoisotopic (exact) mass is 308 g/mol. The Kier molecular flexibility index (Phi) is 4.04. The third-order valence-corrected chi connectivity index (χ3v) is 3.91. The maximum atomic E-state index is 6.49. The van der Waals surface area contributed by atoms with Crippen molar-refractivity contribution in [3.63, 3.8) is 0 Å². The third-order valence-electron chi connectivity index (χ3n) is 3.26. The van der Waals surface area contributed by atoms with Crippen LogP contribution in [0.2, 0.25) is 5.02 Å². The zero-order valence-electron chi connectivity index (χ0n) is 10.8. The average molecular weight is 309 g/mol. The number of benzene rings is 2. The van der Waals surface area contributed by atoms with E-state index in [0.29, 0.717) is 13.2 Å². The van der Waals surface area contributed by atoms with Crippen LogP contribution in [0.5, 0.6) is 11.5 Å². The van der Waals surface area contributed by atoms with Crippen molar-refractivity contribution in [3.8, 4) is 11.5 Å². The summed E-state index contributed by atoms with van der Waals surface area (Å²) in [5.74, 6) is 1.56. The fraction of sp³-hybridized carbons (Fsp3) is 0.250. The molecule has 0 bridgehead atoms. The van der Waals surface area contributed by atoms with Crippen LogP contribution in [0.3, 0.4) is 0 Å². The maximum Gasteiger partial charge on any atom is 0.161 e. The molecular weight excluding hydrogens is 295 g/mol. The van der Waals surface area contributed by atoms with Crippen LogP contribution in [-0.2, 0) is 6.42 Å². The summed E-state index contributed by atoms with van der Waals surface area (Å²) in [6.45, 7) is 1.18. The Morgan fingerprint density at radius 3 is 2.40 bits per heavy atom. The molecule has 0 aliphatic carbocycles. The van der Waals surface area contributed by atoms with Gasteiger partial charge in [0, 0.05) is 5.02 Å². The van der Waals surface area contributed by atoms with Crippen molar-refractivity contribution in [1.82, 2.24) is 0 Å². The van der Waals surface area contributed by atoms with Gasteiger partial charge >= 0.3 is 0 Å². The maximum absolute atomic E-state index is 6.49. The van der Waals surface area contributed by atoms with Crippen molar-refractivity contribution in [2.75, 3.05) is 13.2 Å². The highest BCUT2D eigenvalue weighted by molar-refractivity contribution is 6.30. The first-order chi connectivity index (χ1) is 9.72. The van der Waals surface area contributed by atoms with Gasteiger partial charge in [0.25, 0.3) is 0 Å². The smallest absolute Gasteiger partial charge is 0.161 e. The van der Waals surface area contributed by atoms with Crippen LogP contribution in [-0.4, -0.2) is 13.2 Å². The Morgan fingerprint density at radius 1 is 0.950 bits per heavy atom. The van der Waals surface area contributed by atoms with E-state index in [1.165, 1.54) is 0 Å². The van der Waals surface area contributed by atoms with Crippen LogP contribution >= 0.6 is 23.2 Å². The standard InChI is InChI=1S/C16H14Cl2O2/c17-13-4-1-11(2-5-13)9-14(18)12-3-6-15-16(10-12)20-8-7-19-15/h1-6,10,14H,7-9H2. The van der Waals surface area contributed by atoms with Gasteiger partial charge in [0.15, 0.2) is 11.5 Å². The summed E-state index contributed by atoms with van der Waals surface area (Å²) in [6, 6.07) is 13.6. The van der Waals surface area contributed by atoms with Crippen molar-refractivity contribution in [1.29, 1.82) is 0 Å². The molecule has 4 heteroatoms. The first kappa shape index (κ1) is 13.6. The number of halogens is 2. The fourth-order valence-corrected chi connectivity index (χ4v) is 2.64. The molecule has 1 unspecified atom stereocenters. The summed E-state index contributed by atoms with van der Waals surface area (Å²) in [4.78, 5) is 0. The van der Waals surface area contributed by atoms with Gasteiger partial charge in [0.05, 0.1) is 5.38 Å². The van der Waals surface area contributed by atoms with E-state index in [1.54, 1.807) is 0 Å². The second-order valence-electron chi connectivity index (χ2n) is 4.70. The van der Waals surface area contributed by atoms with E-state index >= 15 is 0 Å². The number of alkyl halides is 1. The van der Waals surface area contributed by atoms with E-state index in [4.69, 9.17) is 32.7 Å². The second-order valence-corrected chi connectivity index (χ2v) is 5.66. The largest absolute Gasteiger partial charge is 0.486 e. The molecule has 1 heterocycles. The molecule has 0 aromatic heterocycles. The number of hydrogen-bond donors (Lipinski definition) is 0. The van der Waals surface area contributed by atoms with Crippen molar-refractivity contribution < 1.29 is 9.47 Å². The lowest BCUT2D eigenvalue weighted by Crippen LogP contribution is -2.15. The average Bonchev–Trinajstić information content (AvgIpc) is 2.49. The van der Waals surface area contributed by atoms with E-state index in [2.05, 4.69) is 0 Å². The molecule has 2 aromatic carbocycles. The molecule has 20 heavy (non-hydrogen) atoms. The van der Waals surface area contributed by atoms with Crippen molar-refractivity contribution in [3.05, 3.63) is 58.6 Å². The molecule has 3 rings (SSSR count). The van der Waals surface area contributed by atoms with Crippen LogP contribution < -0.4 is 9.47 Å². The SMILES string of the molecule is Clc1ccc(CC(Cl)c2ccc3c(c2)OCCO3)cc1. The molecule has 0 spiro atoms. The highest BCUT2D eigenvalue weighted by Crippen LogP contribution is 2.35. The molecule has 2 aromatic rings. The van der Waals surface area contributed by atoms with Crippen LogP contribution in [0.25, 0.3) is 0 Å². The number of rotatable bonds is 3. The van der Waals surface area contributed by atoms with Gasteiger partial charge in [0.2, 0.25) is 0 Å². The zero-order valence-corrected chi connectivity index (χ0v) is 12.3. The summed E-state index contributed by atoms with van der Waals surface area (Å²) in [7, 11) is 0. The fourth-order valence-electron chi connectivity index (χ4n) is 2.20. The van der Waals surface area contributed by atoms with Gasteiger partial charge in [-0.05, 0) is 41.8 Å². The minimum absolute atomic E-state index is 0.105. The van der Waals surface area contributed by atoms with Crippen LogP contribution in [0.15, 0.2) is 42.5 Å². The number of hydrogen-bond acceptors (Lipinski definition) is 2. The molecule has 2 nitrogen and oxygen atoms in total. The Bertz CT molecular complexity index is 596. The summed E-state index contributed by atoms with van der Waals surface area (Å²) in [6.07, 6.45) is 0.748. The van der Waals surface area contributed by atoms with Crippen molar-refractivity contribution in [2.45, 2.75) is 11.8 Å². The van der Waals surface area contributed by atoms with E-state index in [-0.39, 0.29) is 5.38 Å². The van der Waals surface area contributed by atoms with E-state index in [1.807, 2.05) is 42.5 Å². The molecule has 0 saturated carbocycles. The Labute approximate surface area is 128 Å². The predicted molar refractivity (Wildman–Crippen MR) is 81.2 cm³/mol. The Balaban J connectivity index is 1.76. The summed E-state index contributed by atoms with van der Waals surface area (Å²) >= 11 is 12.4. The lowest BCUT2D eigenvalue weighted by atomic mass is 10.0. The lowest BCUT2D eigenvalue weighted by Gasteiger charge is -2.20. The molecule has 0 radical (unpaired) electrons. The van der Waals surface area contributed by atoms with Gasteiger partial charge in [-0.2, -0.15) is 0 Å². The molecule has 0 amide bonds. The van der Waals surface area contributed by atoms with E-state index < -0.39 is 0 Å². The Morgan fingerprint density at radius 2 is 1.65 bits per heavy atom. The quantitative estimate of drug-likeness (QED) is 0.769. The van der Waals surface area contributed by atoms with Crippen molar-refractivity contribution in [2.24, 2.45) is 0 Å². The molecule has 104 valence electrons. The number of fused-ring (bicyclic) bond motifs is 1. The van der Waals surface area contributed by atoms with Gasteiger partial charge in [-0.25, -0.2) is 0 Å². The van der Waals surface area contributed by atoms with E-state index in [9.17, 15) is 0 Å². The third kappa shape index (κ3) is 3.02. The molecule has 1 aliphatic heterocycles. The van der Waals surface area contributed by atoms with Gasteiger partial charge < -0.3 is 9.47 Å². The van der Waals surface area contributed by atoms with Gasteiger partial charge in [-0.15, -0.1) is 11.6 Å². The first-order valence-electron chi connectivity index (χ1n) is 6.50. The van der Waals surface area contributed by atoms with Crippen LogP contribution in [0.4, 0.5) is 0 Å². The van der Waals surface area contributed by atoms with Gasteiger partial charge in [-0.1, -0.05) is 29.8 Å². The predicted octanol–water partition coefficient (Wildman–Crippen LogP) is 4.63. The van der Waals surface area contributed by atoms with E-state index in [0.717, 1.165) is 34.1 Å². The minimum atomic E-state index is -0.105. The zero-order chi connectivity index (χ0) is 13.9. The molecule has 0 N–H and O–H groups in total. The second kappa shape index (κ2) is 5.94. The summed E-state index contributed by atoms with van der Waals surface area (Å²) in [5.41, 5.74) is 2.19. The Hall–Kier alpha value is -1.38. The number of ether oxygens (including phenoxy) is 2. The van der Waals surface area contributed by atoms with Gasteiger partial charge in [0.1, 0.15) is 13.2 Å².